The first-order valence-electron chi connectivity index (χ1n) is 22.1. The van der Waals surface area contributed by atoms with Gasteiger partial charge in [-0.3, -0.25) is 0 Å². The van der Waals surface area contributed by atoms with E-state index in [-0.39, 0.29) is 84.1 Å². The molecule has 0 aromatic heterocycles. The van der Waals surface area contributed by atoms with Gasteiger partial charge in [0, 0.05) is 115 Å². The summed E-state index contributed by atoms with van der Waals surface area (Å²) < 4.78 is 39.1. The molecule has 0 radical (unpaired) electrons. The fourth-order valence-electron chi connectivity index (χ4n) is 6.07. The molecule has 22 heteroatoms. The Bertz CT molecular complexity index is 672. The van der Waals surface area contributed by atoms with Crippen LogP contribution in [0.2, 0.25) is 157 Å². The Labute approximate surface area is 444 Å². The standard InChI is InChI=1S/4C6H18NSi2.4C4H8O.4O.2U/c4*1-8(2,3)7-9(4,5)6;4*1-2-4-5-3-1;;;;;;/h4*1-6H3;4*1-4H2;;;;;;/q4*-1;;;;;4*-2;;. The number of hydrogen-bond donors (Lipinski definition) is 0. The summed E-state index contributed by atoms with van der Waals surface area (Å²) in [6.45, 7) is 63.1. The Morgan fingerprint density at radius 2 is 0.290 bits per heavy atom. The summed E-state index contributed by atoms with van der Waals surface area (Å²) in [7, 11) is -8.85. The Kier molecular flexibility index (Phi) is 64.8. The maximum atomic E-state index is 4.94. The van der Waals surface area contributed by atoms with Gasteiger partial charge in [-0.05, 0) is 51.4 Å². The van der Waals surface area contributed by atoms with Crippen LogP contribution in [0.1, 0.15) is 51.4 Å². The summed E-state index contributed by atoms with van der Waals surface area (Å²) in [5, 5.41) is 0. The van der Waals surface area contributed by atoms with Gasteiger partial charge in [-0.1, -0.05) is 223 Å². The maximum Gasteiger partial charge on any atom is 0.0466 e. The van der Waals surface area contributed by atoms with Crippen LogP contribution in [0.5, 0.6) is 0 Å². The van der Waals surface area contributed by atoms with Gasteiger partial charge in [0.2, 0.25) is 0 Å². The van der Waals surface area contributed by atoms with Crippen molar-refractivity contribution in [1.29, 1.82) is 0 Å². The zero-order valence-electron chi connectivity index (χ0n) is 45.4. The van der Waals surface area contributed by atoms with E-state index in [4.69, 9.17) is 37.5 Å². The van der Waals surface area contributed by atoms with Crippen LogP contribution in [0.25, 0.3) is 18.6 Å². The summed E-state index contributed by atoms with van der Waals surface area (Å²) in [6.07, 6.45) is 10.2. The monoisotopic (exact) mass is 1470 g/mol. The molecule has 0 bridgehead atoms. The second-order valence-corrected chi connectivity index (χ2v) is 61.4. The summed E-state index contributed by atoms with van der Waals surface area (Å²) in [5.74, 6) is 0. The first kappa shape index (κ1) is 88.3. The van der Waals surface area contributed by atoms with Gasteiger partial charge in [0.15, 0.2) is 0 Å². The van der Waals surface area contributed by atoms with E-state index in [1.54, 1.807) is 0 Å². The number of nitrogens with zero attached hydrogens (tertiary/aromatic N) is 4. The maximum absolute atomic E-state index is 4.94. The number of ether oxygens (including phenoxy) is 4. The molecule has 4 saturated heterocycles. The zero-order chi connectivity index (χ0) is 45.0. The third kappa shape index (κ3) is 110. The van der Waals surface area contributed by atoms with Crippen LogP contribution in [0.15, 0.2) is 0 Å². The first-order chi connectivity index (χ1) is 24.8. The molecule has 0 amide bonds. The second-order valence-electron chi connectivity index (χ2n) is 23.1. The first-order valence-corrected chi connectivity index (χ1v) is 49.7. The molecule has 4 heterocycles. The van der Waals surface area contributed by atoms with Crippen LogP contribution >= 0.6 is 0 Å². The molecule has 62 heavy (non-hydrogen) atoms. The number of rotatable bonds is 8. The van der Waals surface area contributed by atoms with Crippen molar-refractivity contribution in [2.45, 2.75) is 208 Å². The van der Waals surface area contributed by atoms with Gasteiger partial charge in [0.05, 0.1) is 0 Å². The smallest absolute Gasteiger partial charge is 0.0466 e. The summed E-state index contributed by atoms with van der Waals surface area (Å²) in [4.78, 5) is 0. The molecule has 0 atom stereocenters. The van der Waals surface area contributed by atoms with Crippen molar-refractivity contribution in [1.82, 2.24) is 0 Å². The van der Waals surface area contributed by atoms with E-state index in [1.807, 2.05) is 0 Å². The van der Waals surface area contributed by atoms with Crippen LogP contribution < -0.4 is 0 Å². The largest absolute Gasteiger partial charge is 2.00 e. The molecule has 4 fully saturated rings. The van der Waals surface area contributed by atoms with Crippen LogP contribution in [0, 0.1) is 62.2 Å². The van der Waals surface area contributed by atoms with Crippen LogP contribution in [0.3, 0.4) is 0 Å². The van der Waals surface area contributed by atoms with Crippen molar-refractivity contribution in [3.05, 3.63) is 18.6 Å². The Balaban J connectivity index is -0.0000000621. The average Bonchev–Trinajstić information content (AvgIpc) is 3.75. The SMILES string of the molecule is C1CCOC1.C1CCOC1.C1CCOC1.C1CCOC1.C[Si](C)(C)[N-][Si](C)(C)C.C[Si](C)(C)[N-][Si](C)(C)C.C[Si](C)(C)[N-][Si](C)(C)C.C[Si](C)(C)[N-][Si](C)(C)C.[O-2].[O-2].[O-2].[O-2].[U].[U]. The molecule has 0 spiro atoms. The van der Waals surface area contributed by atoms with Crippen LogP contribution in [-0.4, -0.2) is 119 Å². The third-order valence-electron chi connectivity index (χ3n) is 5.99. The van der Waals surface area contributed by atoms with Crippen molar-refractivity contribution in [2.75, 3.05) is 52.9 Å². The molecule has 4 rings (SSSR count). The number of hydrogen-bond acceptors (Lipinski definition) is 4. The van der Waals surface area contributed by atoms with Gasteiger partial charge in [0.1, 0.15) is 0 Å². The molecular formula is C40H104N4O8Si8U2-12. The fourth-order valence-corrected chi connectivity index (χ4v) is 38.3. The van der Waals surface area contributed by atoms with E-state index < -0.39 is 65.9 Å². The summed E-state index contributed by atoms with van der Waals surface area (Å²) >= 11 is 0. The van der Waals surface area contributed by atoms with E-state index in [0.29, 0.717) is 0 Å². The van der Waals surface area contributed by atoms with Gasteiger partial charge in [0.25, 0.3) is 0 Å². The minimum atomic E-state index is -1.11. The van der Waals surface area contributed by atoms with Gasteiger partial charge in [-0.2, -0.15) is 0 Å². The molecule has 4 aliphatic heterocycles. The minimum absolute atomic E-state index is 0. The van der Waals surface area contributed by atoms with Crippen LogP contribution in [-0.2, 0) is 40.9 Å². The molecule has 0 unspecified atom stereocenters. The van der Waals surface area contributed by atoms with Gasteiger partial charge in [-0.25, -0.2) is 0 Å². The van der Waals surface area contributed by atoms with Crippen molar-refractivity contribution in [3.63, 3.8) is 0 Å². The molecular weight excluding hydrogens is 1370 g/mol. The van der Waals surface area contributed by atoms with Crippen molar-refractivity contribution in [3.8, 4) is 0 Å². The van der Waals surface area contributed by atoms with Gasteiger partial charge in [-0.15, -0.1) is 0 Å². The van der Waals surface area contributed by atoms with E-state index in [1.165, 1.54) is 51.4 Å². The fraction of sp³-hybridized carbons (Fsp3) is 1.00. The molecule has 0 aromatic carbocycles. The van der Waals surface area contributed by atoms with Crippen molar-refractivity contribution in [2.24, 2.45) is 0 Å². The van der Waals surface area contributed by atoms with E-state index in [9.17, 15) is 0 Å². The Morgan fingerprint density at radius 1 is 0.210 bits per heavy atom. The molecule has 4 aliphatic rings. The van der Waals surface area contributed by atoms with E-state index in [0.717, 1.165) is 52.9 Å². The van der Waals surface area contributed by atoms with E-state index in [2.05, 4.69) is 157 Å². The van der Waals surface area contributed by atoms with Crippen molar-refractivity contribution >= 4 is 65.9 Å². The minimum Gasteiger partial charge on any atom is -2.00 e. The molecule has 12 nitrogen and oxygen atoms in total. The zero-order valence-corrected chi connectivity index (χ0v) is 61.7. The predicted octanol–water partition coefficient (Wildman–Crippen LogP) is 14.8. The normalized spacial score (nSPS) is 15.9. The molecule has 0 aliphatic carbocycles. The Hall–Kier alpha value is 3.36. The second kappa shape index (κ2) is 45.5. The average molecular weight is 1470 g/mol. The summed E-state index contributed by atoms with van der Waals surface area (Å²) in [6, 6.07) is 0. The molecule has 384 valence electrons. The third-order valence-corrected chi connectivity index (χ3v) is 27.5. The van der Waals surface area contributed by atoms with E-state index >= 15 is 0 Å². The van der Waals surface area contributed by atoms with Gasteiger partial charge >= 0.3 is 0 Å². The van der Waals surface area contributed by atoms with Gasteiger partial charge < -0.3 is 59.4 Å². The molecule has 0 saturated carbocycles. The quantitative estimate of drug-likeness (QED) is 0.217. The molecule has 0 aromatic rings. The molecule has 0 N–H and O–H groups in total. The summed E-state index contributed by atoms with van der Waals surface area (Å²) in [5.41, 5.74) is 0. The predicted molar refractivity (Wildman–Crippen MR) is 283 cm³/mol. The Morgan fingerprint density at radius 3 is 0.306 bits per heavy atom. The van der Waals surface area contributed by atoms with Crippen LogP contribution in [0.4, 0.5) is 0 Å². The topological polar surface area (TPSA) is 207 Å². The van der Waals surface area contributed by atoms with Crippen molar-refractivity contribution < 1.29 is 103 Å².